The fourth-order valence-corrected chi connectivity index (χ4v) is 6.54. The second-order valence-corrected chi connectivity index (χ2v) is 11.1. The molecule has 0 unspecified atom stereocenters. The Bertz CT molecular complexity index is 2030. The first-order chi connectivity index (χ1) is 19.6. The summed E-state index contributed by atoms with van der Waals surface area (Å²) in [4.78, 5) is 10.5. The van der Waals surface area contributed by atoms with Crippen LogP contribution in [0.5, 0.6) is 0 Å². The van der Waals surface area contributed by atoms with Gasteiger partial charge in [0.25, 0.3) is 0 Å². The zero-order valence-electron chi connectivity index (χ0n) is 22.5. The van der Waals surface area contributed by atoms with Gasteiger partial charge in [0.05, 0.1) is 22.4 Å². The predicted molar refractivity (Wildman–Crippen MR) is 165 cm³/mol. The molecule has 7 aromatic rings. The number of hydrogen-bond donors (Lipinski definition) is 0. The van der Waals surface area contributed by atoms with Gasteiger partial charge in [-0.3, -0.25) is 0 Å². The molecule has 2 aromatic heterocycles. The van der Waals surface area contributed by atoms with Crippen molar-refractivity contribution >= 4 is 21.8 Å². The lowest BCUT2D eigenvalue weighted by Crippen LogP contribution is -2.17. The Balaban J connectivity index is 1.41. The van der Waals surface area contributed by atoms with E-state index in [2.05, 4.69) is 128 Å². The molecule has 1 aliphatic rings. The maximum atomic E-state index is 5.29. The molecule has 0 bridgehead atoms. The van der Waals surface area contributed by atoms with Gasteiger partial charge < -0.3 is 4.57 Å². The zero-order valence-corrected chi connectivity index (χ0v) is 22.5. The van der Waals surface area contributed by atoms with Gasteiger partial charge in [0.2, 0.25) is 0 Å². The van der Waals surface area contributed by atoms with E-state index in [9.17, 15) is 0 Å². The van der Waals surface area contributed by atoms with E-state index < -0.39 is 0 Å². The van der Waals surface area contributed by atoms with E-state index in [1.807, 2.05) is 18.2 Å². The lowest BCUT2D eigenvalue weighted by Gasteiger charge is -2.24. The van der Waals surface area contributed by atoms with E-state index in [1.165, 1.54) is 38.5 Å². The van der Waals surface area contributed by atoms with Gasteiger partial charge in [0, 0.05) is 44.1 Å². The van der Waals surface area contributed by atoms with Gasteiger partial charge in [-0.2, -0.15) is 0 Å². The lowest BCUT2D eigenvalue weighted by atomic mass is 9.81. The summed E-state index contributed by atoms with van der Waals surface area (Å²) in [7, 11) is 0. The van der Waals surface area contributed by atoms with Crippen molar-refractivity contribution in [1.29, 1.82) is 0 Å². The maximum Gasteiger partial charge on any atom is 0.160 e. The van der Waals surface area contributed by atoms with E-state index >= 15 is 0 Å². The quantitative estimate of drug-likeness (QED) is 0.236. The molecule has 0 spiro atoms. The number of fused-ring (bicyclic) bond motifs is 6. The summed E-state index contributed by atoms with van der Waals surface area (Å²) in [5, 5.41) is 2.52. The smallest absolute Gasteiger partial charge is 0.160 e. The van der Waals surface area contributed by atoms with Crippen molar-refractivity contribution in [1.82, 2.24) is 14.5 Å². The van der Waals surface area contributed by atoms with Gasteiger partial charge in [0.15, 0.2) is 5.82 Å². The molecule has 3 heteroatoms. The minimum atomic E-state index is -0.223. The number of rotatable bonds is 3. The van der Waals surface area contributed by atoms with Crippen LogP contribution in [0.2, 0.25) is 0 Å². The first-order valence-corrected chi connectivity index (χ1v) is 13.8. The van der Waals surface area contributed by atoms with E-state index in [-0.39, 0.29) is 5.41 Å². The summed E-state index contributed by atoms with van der Waals surface area (Å²) < 4.78 is 2.37. The number of nitrogens with zero attached hydrogens (tertiary/aromatic N) is 3. The molecule has 0 saturated carbocycles. The van der Waals surface area contributed by atoms with Crippen LogP contribution in [0.15, 0.2) is 127 Å². The molecule has 5 aromatic carbocycles. The lowest BCUT2D eigenvalue weighted by molar-refractivity contribution is 0.658. The van der Waals surface area contributed by atoms with Crippen molar-refractivity contribution in [3.63, 3.8) is 0 Å². The zero-order chi connectivity index (χ0) is 26.8. The standard InChI is InChI=1S/C37H27N3/c1-37(2)30-20-9-6-19-29(30)35-33(37)34(38-36(39-35)24-13-4-3-5-14-24)25-15-12-16-26(23-25)40-31-21-10-7-17-27(31)28-18-8-11-22-32(28)40/h3-23H,1-2H3. The van der Waals surface area contributed by atoms with Crippen LogP contribution in [0.4, 0.5) is 0 Å². The molecule has 0 fully saturated rings. The number of benzene rings is 5. The fraction of sp³-hybridized carbons (Fsp3) is 0.0811. The third-order valence-corrected chi connectivity index (χ3v) is 8.38. The molecule has 1 aliphatic carbocycles. The van der Waals surface area contributed by atoms with Crippen molar-refractivity contribution in [2.75, 3.05) is 0 Å². The van der Waals surface area contributed by atoms with Crippen LogP contribution in [0.3, 0.4) is 0 Å². The van der Waals surface area contributed by atoms with Crippen LogP contribution in [0, 0.1) is 0 Å². The van der Waals surface area contributed by atoms with E-state index in [4.69, 9.17) is 9.97 Å². The molecule has 0 atom stereocenters. The molecule has 0 saturated heterocycles. The normalized spacial score (nSPS) is 13.4. The topological polar surface area (TPSA) is 30.7 Å². The van der Waals surface area contributed by atoms with Gasteiger partial charge in [-0.1, -0.05) is 117 Å². The van der Waals surface area contributed by atoms with Crippen LogP contribution in [-0.2, 0) is 5.41 Å². The second kappa shape index (κ2) is 8.49. The molecular weight excluding hydrogens is 486 g/mol. The Kier molecular flexibility index (Phi) is 4.86. The Labute approximate surface area is 233 Å². The van der Waals surface area contributed by atoms with E-state index in [0.29, 0.717) is 0 Å². The minimum absolute atomic E-state index is 0.223. The highest BCUT2D eigenvalue weighted by atomic mass is 15.0. The van der Waals surface area contributed by atoms with Crippen LogP contribution in [0.1, 0.15) is 25.0 Å². The predicted octanol–water partition coefficient (Wildman–Crippen LogP) is 9.21. The monoisotopic (exact) mass is 513 g/mol. The third-order valence-electron chi connectivity index (χ3n) is 8.38. The van der Waals surface area contributed by atoms with Crippen LogP contribution in [-0.4, -0.2) is 14.5 Å². The summed E-state index contributed by atoms with van der Waals surface area (Å²) in [6, 6.07) is 45.1. The van der Waals surface area contributed by atoms with Crippen molar-refractivity contribution in [3.05, 3.63) is 139 Å². The molecule has 0 radical (unpaired) electrons. The summed E-state index contributed by atoms with van der Waals surface area (Å²) in [6.45, 7) is 4.59. The van der Waals surface area contributed by atoms with E-state index in [0.717, 1.165) is 34.0 Å². The molecule has 2 heterocycles. The van der Waals surface area contributed by atoms with Crippen molar-refractivity contribution < 1.29 is 0 Å². The summed E-state index contributed by atoms with van der Waals surface area (Å²) in [5.74, 6) is 0.754. The summed E-state index contributed by atoms with van der Waals surface area (Å²) in [5.41, 5.74) is 11.1. The molecule has 190 valence electrons. The van der Waals surface area contributed by atoms with Crippen molar-refractivity contribution in [2.24, 2.45) is 0 Å². The summed E-state index contributed by atoms with van der Waals surface area (Å²) in [6.07, 6.45) is 0. The molecule has 40 heavy (non-hydrogen) atoms. The molecule has 8 rings (SSSR count). The largest absolute Gasteiger partial charge is 0.309 e. The second-order valence-electron chi connectivity index (χ2n) is 11.1. The SMILES string of the molecule is CC1(C)c2ccccc2-c2nc(-c3ccccc3)nc(-c3cccc(-n4c5ccccc5c5ccccc54)c3)c21. The van der Waals surface area contributed by atoms with Crippen molar-refractivity contribution in [2.45, 2.75) is 19.3 Å². The van der Waals surface area contributed by atoms with Gasteiger partial charge >= 0.3 is 0 Å². The van der Waals surface area contributed by atoms with Crippen LogP contribution in [0.25, 0.3) is 61.4 Å². The van der Waals surface area contributed by atoms with Gasteiger partial charge in [-0.05, 0) is 29.8 Å². The molecule has 0 amide bonds. The van der Waals surface area contributed by atoms with Gasteiger partial charge in [-0.25, -0.2) is 9.97 Å². The minimum Gasteiger partial charge on any atom is -0.309 e. The Morgan fingerprint density at radius 2 is 1.15 bits per heavy atom. The Morgan fingerprint density at radius 1 is 0.550 bits per heavy atom. The molecule has 3 nitrogen and oxygen atoms in total. The highest BCUT2D eigenvalue weighted by Crippen LogP contribution is 2.51. The molecule has 0 N–H and O–H groups in total. The van der Waals surface area contributed by atoms with Gasteiger partial charge in [0.1, 0.15) is 0 Å². The first kappa shape index (κ1) is 22.9. The average molecular weight is 514 g/mol. The average Bonchev–Trinajstić information content (AvgIpc) is 3.47. The number of hydrogen-bond acceptors (Lipinski definition) is 2. The van der Waals surface area contributed by atoms with Crippen LogP contribution < -0.4 is 0 Å². The van der Waals surface area contributed by atoms with Crippen LogP contribution >= 0.6 is 0 Å². The fourth-order valence-electron chi connectivity index (χ4n) is 6.54. The number of para-hydroxylation sites is 2. The van der Waals surface area contributed by atoms with Crippen molar-refractivity contribution in [3.8, 4) is 39.6 Å². The maximum absolute atomic E-state index is 5.29. The highest BCUT2D eigenvalue weighted by Gasteiger charge is 2.40. The molecule has 0 aliphatic heterocycles. The van der Waals surface area contributed by atoms with E-state index in [1.54, 1.807) is 0 Å². The van der Waals surface area contributed by atoms with Gasteiger partial charge in [-0.15, -0.1) is 0 Å². The molecular formula is C37H27N3. The third kappa shape index (κ3) is 3.24. The Hall–Kier alpha value is -5.02. The summed E-state index contributed by atoms with van der Waals surface area (Å²) >= 11 is 0. The number of aromatic nitrogens is 3. The first-order valence-electron chi connectivity index (χ1n) is 13.8. The Morgan fingerprint density at radius 3 is 1.90 bits per heavy atom. The highest BCUT2D eigenvalue weighted by molar-refractivity contribution is 6.09.